The number of carboxylic acid groups (broad SMARTS) is 1. The van der Waals surface area contributed by atoms with Crippen molar-refractivity contribution in [2.75, 3.05) is 6.54 Å². The van der Waals surface area contributed by atoms with Crippen molar-refractivity contribution in [3.8, 4) is 0 Å². The van der Waals surface area contributed by atoms with E-state index in [9.17, 15) is 4.79 Å². The summed E-state index contributed by atoms with van der Waals surface area (Å²) in [5, 5.41) is 12.9. The zero-order valence-electron chi connectivity index (χ0n) is 11.2. The predicted octanol–water partition coefficient (Wildman–Crippen LogP) is 1.63. The fourth-order valence-electron chi connectivity index (χ4n) is 2.49. The number of hydrogen-bond donors (Lipinski definition) is 1. The number of carboxylic acids is 1. The summed E-state index contributed by atoms with van der Waals surface area (Å²) in [5.74, 6) is 0.338. The molecule has 3 rings (SSSR count). The first-order valence-electron chi connectivity index (χ1n) is 6.48. The van der Waals surface area contributed by atoms with Gasteiger partial charge in [0.25, 0.3) is 0 Å². The molecule has 0 fully saturated rings. The van der Waals surface area contributed by atoms with Crippen LogP contribution in [0.25, 0.3) is 0 Å². The van der Waals surface area contributed by atoms with Crippen LogP contribution < -0.4 is 0 Å². The Hall–Kier alpha value is -2.21. The minimum absolute atomic E-state index is 0.334. The lowest BCUT2D eigenvalue weighted by atomic mass is 9.97. The predicted molar refractivity (Wildman–Crippen MR) is 70.3 cm³/mol. The summed E-state index contributed by atoms with van der Waals surface area (Å²) >= 11 is 0. The maximum atomic E-state index is 11.0. The molecule has 1 aliphatic heterocycles. The number of nitrogens with zero attached hydrogens (tertiary/aromatic N) is 3. The standard InChI is InChI=1S/C14H15N3O3/c1-9-15-13(16-20-9)8-17-5-4-10-2-3-11(14(18)19)6-12(10)7-17/h2-3,6H,4-5,7-8H2,1H3,(H,18,19). The average Bonchev–Trinajstić information content (AvgIpc) is 2.83. The Morgan fingerprint density at radius 2 is 2.30 bits per heavy atom. The Bertz CT molecular complexity index is 651. The number of aryl methyl sites for hydroxylation is 1. The molecule has 0 saturated carbocycles. The maximum Gasteiger partial charge on any atom is 0.335 e. The number of rotatable bonds is 3. The Labute approximate surface area is 116 Å². The molecular formula is C14H15N3O3. The van der Waals surface area contributed by atoms with Crippen LogP contribution in [0.2, 0.25) is 0 Å². The molecule has 0 radical (unpaired) electrons. The van der Waals surface area contributed by atoms with Crippen molar-refractivity contribution in [3.05, 3.63) is 46.6 Å². The van der Waals surface area contributed by atoms with E-state index in [1.54, 1.807) is 19.1 Å². The summed E-state index contributed by atoms with van der Waals surface area (Å²) in [6, 6.07) is 5.33. The van der Waals surface area contributed by atoms with Gasteiger partial charge in [-0.15, -0.1) is 0 Å². The highest BCUT2D eigenvalue weighted by Gasteiger charge is 2.19. The molecule has 0 aliphatic carbocycles. The van der Waals surface area contributed by atoms with Gasteiger partial charge >= 0.3 is 5.97 Å². The molecule has 1 N–H and O–H groups in total. The van der Waals surface area contributed by atoms with Crippen LogP contribution in [0.4, 0.5) is 0 Å². The average molecular weight is 273 g/mol. The SMILES string of the molecule is Cc1nc(CN2CCc3ccc(C(=O)O)cc3C2)no1. The van der Waals surface area contributed by atoms with Gasteiger partial charge in [0, 0.05) is 20.0 Å². The Balaban J connectivity index is 1.76. The lowest BCUT2D eigenvalue weighted by Gasteiger charge is -2.27. The Morgan fingerprint density at radius 3 is 3.00 bits per heavy atom. The molecule has 1 aromatic heterocycles. The van der Waals surface area contributed by atoms with Gasteiger partial charge in [0.1, 0.15) is 0 Å². The minimum Gasteiger partial charge on any atom is -0.478 e. The van der Waals surface area contributed by atoms with E-state index in [0.29, 0.717) is 30.4 Å². The van der Waals surface area contributed by atoms with Crippen molar-refractivity contribution < 1.29 is 14.4 Å². The molecule has 0 saturated heterocycles. The summed E-state index contributed by atoms with van der Waals surface area (Å²) in [5.41, 5.74) is 2.62. The number of benzene rings is 1. The normalized spacial score (nSPS) is 15.1. The molecule has 0 atom stereocenters. The van der Waals surface area contributed by atoms with Crippen LogP contribution in [0.1, 0.15) is 33.2 Å². The first kappa shape index (κ1) is 12.8. The second-order valence-electron chi connectivity index (χ2n) is 4.98. The minimum atomic E-state index is -0.890. The van der Waals surface area contributed by atoms with Gasteiger partial charge in [-0.05, 0) is 29.7 Å². The molecule has 0 spiro atoms. The molecule has 1 aromatic carbocycles. The van der Waals surface area contributed by atoms with Crippen LogP contribution >= 0.6 is 0 Å². The van der Waals surface area contributed by atoms with Crippen molar-refractivity contribution in [3.63, 3.8) is 0 Å². The number of fused-ring (bicyclic) bond motifs is 1. The van der Waals surface area contributed by atoms with Gasteiger partial charge in [0.2, 0.25) is 5.89 Å². The van der Waals surface area contributed by atoms with E-state index >= 15 is 0 Å². The van der Waals surface area contributed by atoms with E-state index in [1.165, 1.54) is 5.56 Å². The molecule has 0 unspecified atom stereocenters. The van der Waals surface area contributed by atoms with Crippen molar-refractivity contribution in [1.82, 2.24) is 15.0 Å². The van der Waals surface area contributed by atoms with Gasteiger partial charge < -0.3 is 9.63 Å². The third-order valence-electron chi connectivity index (χ3n) is 3.48. The van der Waals surface area contributed by atoms with Gasteiger partial charge in [-0.3, -0.25) is 4.90 Å². The first-order valence-corrected chi connectivity index (χ1v) is 6.48. The molecule has 0 amide bonds. The lowest BCUT2D eigenvalue weighted by molar-refractivity contribution is 0.0696. The molecule has 0 bridgehead atoms. The van der Waals surface area contributed by atoms with Gasteiger partial charge in [-0.25, -0.2) is 4.79 Å². The van der Waals surface area contributed by atoms with Crippen LogP contribution in [0.15, 0.2) is 22.7 Å². The summed E-state index contributed by atoms with van der Waals surface area (Å²) in [6.45, 7) is 4.01. The van der Waals surface area contributed by atoms with Gasteiger partial charge in [-0.2, -0.15) is 4.98 Å². The fraction of sp³-hybridized carbons (Fsp3) is 0.357. The highest BCUT2D eigenvalue weighted by Crippen LogP contribution is 2.21. The summed E-state index contributed by atoms with van der Waals surface area (Å²) in [7, 11) is 0. The van der Waals surface area contributed by atoms with Gasteiger partial charge in [-0.1, -0.05) is 11.2 Å². The van der Waals surface area contributed by atoms with Crippen molar-refractivity contribution >= 4 is 5.97 Å². The van der Waals surface area contributed by atoms with Crippen molar-refractivity contribution in [2.45, 2.75) is 26.4 Å². The third-order valence-corrected chi connectivity index (χ3v) is 3.48. The molecule has 6 heteroatoms. The smallest absolute Gasteiger partial charge is 0.335 e. The molecule has 104 valence electrons. The Kier molecular flexibility index (Phi) is 3.23. The second kappa shape index (κ2) is 5.05. The number of hydrogen-bond acceptors (Lipinski definition) is 5. The summed E-state index contributed by atoms with van der Waals surface area (Å²) in [4.78, 5) is 17.4. The molecule has 1 aliphatic rings. The highest BCUT2D eigenvalue weighted by molar-refractivity contribution is 5.87. The van der Waals surface area contributed by atoms with E-state index < -0.39 is 5.97 Å². The summed E-state index contributed by atoms with van der Waals surface area (Å²) in [6.07, 6.45) is 0.909. The number of aromatic nitrogens is 2. The maximum absolute atomic E-state index is 11.0. The number of carbonyl (C=O) groups is 1. The van der Waals surface area contributed by atoms with Crippen molar-refractivity contribution in [2.24, 2.45) is 0 Å². The molecule has 6 nitrogen and oxygen atoms in total. The highest BCUT2D eigenvalue weighted by atomic mass is 16.5. The lowest BCUT2D eigenvalue weighted by Crippen LogP contribution is -2.30. The summed E-state index contributed by atoms with van der Waals surface area (Å²) < 4.78 is 4.96. The monoisotopic (exact) mass is 273 g/mol. The molecular weight excluding hydrogens is 258 g/mol. The van der Waals surface area contributed by atoms with Crippen LogP contribution in [-0.2, 0) is 19.5 Å². The first-order chi connectivity index (χ1) is 9.61. The van der Waals surface area contributed by atoms with E-state index in [4.69, 9.17) is 9.63 Å². The largest absolute Gasteiger partial charge is 0.478 e. The Morgan fingerprint density at radius 1 is 1.45 bits per heavy atom. The topological polar surface area (TPSA) is 79.5 Å². The van der Waals surface area contributed by atoms with Crippen LogP contribution in [0, 0.1) is 6.92 Å². The third kappa shape index (κ3) is 2.55. The van der Waals surface area contributed by atoms with Crippen LogP contribution in [0.3, 0.4) is 0 Å². The van der Waals surface area contributed by atoms with Gasteiger partial charge in [0.15, 0.2) is 5.82 Å². The zero-order chi connectivity index (χ0) is 14.1. The van der Waals surface area contributed by atoms with E-state index in [0.717, 1.165) is 18.5 Å². The number of aromatic carboxylic acids is 1. The van der Waals surface area contributed by atoms with Crippen LogP contribution in [0.5, 0.6) is 0 Å². The second-order valence-corrected chi connectivity index (χ2v) is 4.98. The molecule has 20 heavy (non-hydrogen) atoms. The van der Waals surface area contributed by atoms with E-state index in [-0.39, 0.29) is 0 Å². The van der Waals surface area contributed by atoms with Gasteiger partial charge in [0.05, 0.1) is 12.1 Å². The van der Waals surface area contributed by atoms with Crippen molar-refractivity contribution in [1.29, 1.82) is 0 Å². The van der Waals surface area contributed by atoms with E-state index in [2.05, 4.69) is 15.0 Å². The van der Waals surface area contributed by atoms with E-state index in [1.807, 2.05) is 6.07 Å². The quantitative estimate of drug-likeness (QED) is 0.915. The zero-order valence-corrected chi connectivity index (χ0v) is 11.2. The molecule has 2 heterocycles. The van der Waals surface area contributed by atoms with Crippen LogP contribution in [-0.4, -0.2) is 32.7 Å². The fourth-order valence-corrected chi connectivity index (χ4v) is 2.49. The molecule has 2 aromatic rings.